The van der Waals surface area contributed by atoms with Crippen molar-refractivity contribution in [3.8, 4) is 0 Å². The Morgan fingerprint density at radius 3 is 2.37 bits per heavy atom. The Labute approximate surface area is 175 Å². The minimum absolute atomic E-state index is 0.0713. The van der Waals surface area contributed by atoms with E-state index in [4.69, 9.17) is 4.74 Å². The van der Waals surface area contributed by atoms with Crippen LogP contribution in [0.25, 0.3) is 0 Å². The number of pyridine rings is 1. The number of halogens is 3. The molecule has 1 aromatic heterocycles. The molecule has 10 heteroatoms. The summed E-state index contributed by atoms with van der Waals surface area (Å²) in [6.45, 7) is 3.79. The number of sulfonamides is 1. The van der Waals surface area contributed by atoms with Crippen molar-refractivity contribution in [2.45, 2.75) is 68.6 Å². The third-order valence-electron chi connectivity index (χ3n) is 6.81. The normalized spacial score (nSPS) is 24.1. The van der Waals surface area contributed by atoms with Crippen molar-refractivity contribution in [1.82, 2.24) is 14.6 Å². The van der Waals surface area contributed by atoms with Gasteiger partial charge in [-0.3, -0.25) is 4.98 Å². The van der Waals surface area contributed by atoms with Crippen LogP contribution in [0, 0.1) is 12.3 Å². The highest BCUT2D eigenvalue weighted by atomic mass is 32.2. The van der Waals surface area contributed by atoms with Gasteiger partial charge >= 0.3 is 6.18 Å². The van der Waals surface area contributed by atoms with Crippen molar-refractivity contribution in [1.29, 1.82) is 0 Å². The molecule has 0 radical (unpaired) electrons. The predicted molar refractivity (Wildman–Crippen MR) is 104 cm³/mol. The fourth-order valence-electron chi connectivity index (χ4n) is 5.02. The summed E-state index contributed by atoms with van der Waals surface area (Å²) in [5.41, 5.74) is -0.821. The van der Waals surface area contributed by atoms with E-state index in [0.717, 1.165) is 64.0 Å². The molecule has 0 aromatic carbocycles. The molecule has 2 saturated heterocycles. The third-order valence-corrected chi connectivity index (χ3v) is 8.83. The van der Waals surface area contributed by atoms with Crippen LogP contribution in [0.3, 0.4) is 0 Å². The van der Waals surface area contributed by atoms with Gasteiger partial charge in [0.15, 0.2) is 0 Å². The molecule has 30 heavy (non-hydrogen) atoms. The molecule has 2 aliphatic heterocycles. The largest absolute Gasteiger partial charge is 0.433 e. The first-order valence-corrected chi connectivity index (χ1v) is 11.9. The first-order chi connectivity index (χ1) is 14.1. The lowest BCUT2D eigenvalue weighted by Gasteiger charge is -2.53. The molecular weight excluding hydrogens is 419 g/mol. The second kappa shape index (κ2) is 8.03. The van der Waals surface area contributed by atoms with E-state index in [1.54, 1.807) is 0 Å². The summed E-state index contributed by atoms with van der Waals surface area (Å²) in [6, 6.07) is 1.80. The highest BCUT2D eigenvalue weighted by Gasteiger charge is 2.48. The van der Waals surface area contributed by atoms with Crippen molar-refractivity contribution in [3.05, 3.63) is 23.5 Å². The van der Waals surface area contributed by atoms with Crippen LogP contribution < -0.4 is 5.32 Å². The summed E-state index contributed by atoms with van der Waals surface area (Å²) >= 11 is 0. The van der Waals surface area contributed by atoms with E-state index in [-0.39, 0.29) is 15.9 Å². The number of hydrogen-bond donors (Lipinski definition) is 1. The maximum atomic E-state index is 13.0. The number of alkyl halides is 3. The molecule has 3 aliphatic rings. The number of rotatable bonds is 4. The molecule has 168 valence electrons. The average molecular weight is 448 g/mol. The molecule has 3 heterocycles. The Balaban J connectivity index is 1.35. The Bertz CT molecular complexity index is 869. The molecule has 1 aromatic rings. The van der Waals surface area contributed by atoms with Gasteiger partial charge in [-0.05, 0) is 62.5 Å². The molecule has 0 amide bonds. The number of aryl methyl sites for hydroxylation is 1. The van der Waals surface area contributed by atoms with Crippen LogP contribution in [-0.4, -0.2) is 56.1 Å². The Morgan fingerprint density at radius 2 is 1.80 bits per heavy atom. The number of piperidine rings is 1. The summed E-state index contributed by atoms with van der Waals surface area (Å²) in [5, 5.41) is 3.71. The number of ether oxygens (including phenoxy) is 1. The van der Waals surface area contributed by atoms with Gasteiger partial charge in [0.05, 0.1) is 0 Å². The molecule has 4 rings (SSSR count). The Morgan fingerprint density at radius 1 is 1.17 bits per heavy atom. The van der Waals surface area contributed by atoms with Crippen molar-refractivity contribution < 1.29 is 26.3 Å². The summed E-state index contributed by atoms with van der Waals surface area (Å²) in [4.78, 5) is 3.21. The van der Waals surface area contributed by atoms with Gasteiger partial charge in [0.25, 0.3) is 0 Å². The molecule has 1 spiro atoms. The van der Waals surface area contributed by atoms with Crippen LogP contribution in [0.15, 0.2) is 17.2 Å². The fourth-order valence-corrected chi connectivity index (χ4v) is 6.61. The summed E-state index contributed by atoms with van der Waals surface area (Å²) in [5.74, 6) is 0. The predicted octanol–water partition coefficient (Wildman–Crippen LogP) is 3.11. The first kappa shape index (κ1) is 22.0. The monoisotopic (exact) mass is 447 g/mol. The SMILES string of the molecule is Cc1cc(C(F)(F)F)ncc1S(=O)(=O)N1CCC2(CC1)CC(NC1CCOCC1)C2. The van der Waals surface area contributed by atoms with Crippen LogP contribution in [0.5, 0.6) is 0 Å². The lowest BCUT2D eigenvalue weighted by atomic mass is 9.60. The van der Waals surface area contributed by atoms with Gasteiger partial charge < -0.3 is 10.1 Å². The molecule has 0 bridgehead atoms. The maximum absolute atomic E-state index is 13.0. The van der Waals surface area contributed by atoms with E-state index < -0.39 is 21.9 Å². The highest BCUT2D eigenvalue weighted by molar-refractivity contribution is 7.89. The van der Waals surface area contributed by atoms with Crippen LogP contribution in [0.2, 0.25) is 0 Å². The average Bonchev–Trinajstić information content (AvgIpc) is 2.67. The first-order valence-electron chi connectivity index (χ1n) is 10.5. The standard InChI is InChI=1S/C20H28F3N3O3S/c1-14-10-18(20(21,22)23)24-13-17(14)30(27,28)26-6-4-19(5-7-26)11-16(12-19)25-15-2-8-29-9-3-15/h10,13,15-16,25H,2-9,11-12H2,1H3. The van der Waals surface area contributed by atoms with Gasteiger partial charge in [0, 0.05) is 44.6 Å². The molecule has 3 fully saturated rings. The minimum Gasteiger partial charge on any atom is -0.381 e. The molecule has 1 saturated carbocycles. The maximum Gasteiger partial charge on any atom is 0.433 e. The zero-order valence-electron chi connectivity index (χ0n) is 17.0. The third kappa shape index (κ3) is 4.37. The van der Waals surface area contributed by atoms with E-state index in [9.17, 15) is 21.6 Å². The topological polar surface area (TPSA) is 71.5 Å². The molecule has 0 atom stereocenters. The van der Waals surface area contributed by atoms with E-state index in [2.05, 4.69) is 10.3 Å². The Kier molecular flexibility index (Phi) is 5.89. The Hall–Kier alpha value is -1.23. The number of aromatic nitrogens is 1. The van der Waals surface area contributed by atoms with Crippen LogP contribution in [0.1, 0.15) is 49.8 Å². The lowest BCUT2D eigenvalue weighted by Crippen LogP contribution is -2.56. The zero-order chi connectivity index (χ0) is 21.6. The zero-order valence-corrected chi connectivity index (χ0v) is 17.9. The van der Waals surface area contributed by atoms with Gasteiger partial charge in [-0.2, -0.15) is 17.5 Å². The number of nitrogens with one attached hydrogen (secondary N) is 1. The van der Waals surface area contributed by atoms with Gasteiger partial charge in [0.2, 0.25) is 10.0 Å². The summed E-state index contributed by atoms with van der Waals surface area (Å²) in [7, 11) is -3.85. The molecule has 0 unspecified atom stereocenters. The van der Waals surface area contributed by atoms with Gasteiger partial charge in [-0.1, -0.05) is 0 Å². The lowest BCUT2D eigenvalue weighted by molar-refractivity contribution is -0.141. The quantitative estimate of drug-likeness (QED) is 0.768. The van der Waals surface area contributed by atoms with Crippen molar-refractivity contribution in [2.75, 3.05) is 26.3 Å². The highest BCUT2D eigenvalue weighted by Crippen LogP contribution is 2.50. The summed E-state index contributed by atoms with van der Waals surface area (Å²) in [6.07, 6.45) is 2.00. The molecular formula is C20H28F3N3O3S. The van der Waals surface area contributed by atoms with Crippen LogP contribution in [0.4, 0.5) is 13.2 Å². The smallest absolute Gasteiger partial charge is 0.381 e. The number of hydrogen-bond acceptors (Lipinski definition) is 5. The fraction of sp³-hybridized carbons (Fsp3) is 0.750. The van der Waals surface area contributed by atoms with Crippen molar-refractivity contribution >= 4 is 10.0 Å². The van der Waals surface area contributed by atoms with Crippen molar-refractivity contribution in [2.24, 2.45) is 5.41 Å². The van der Waals surface area contributed by atoms with Gasteiger partial charge in [0.1, 0.15) is 10.6 Å². The van der Waals surface area contributed by atoms with E-state index in [0.29, 0.717) is 25.2 Å². The minimum atomic E-state index is -4.59. The van der Waals surface area contributed by atoms with E-state index >= 15 is 0 Å². The van der Waals surface area contributed by atoms with Crippen LogP contribution in [-0.2, 0) is 20.9 Å². The molecule has 1 aliphatic carbocycles. The second-order valence-corrected chi connectivity index (χ2v) is 10.8. The molecule has 6 nitrogen and oxygen atoms in total. The second-order valence-electron chi connectivity index (χ2n) is 8.90. The van der Waals surface area contributed by atoms with E-state index in [1.165, 1.54) is 11.2 Å². The molecule has 1 N–H and O–H groups in total. The summed E-state index contributed by atoms with van der Waals surface area (Å²) < 4.78 is 71.3. The van der Waals surface area contributed by atoms with Crippen LogP contribution >= 0.6 is 0 Å². The van der Waals surface area contributed by atoms with E-state index in [1.807, 2.05) is 0 Å². The number of nitrogens with zero attached hydrogens (tertiary/aromatic N) is 2. The van der Waals surface area contributed by atoms with Gasteiger partial charge in [-0.25, -0.2) is 8.42 Å². The van der Waals surface area contributed by atoms with Crippen molar-refractivity contribution in [3.63, 3.8) is 0 Å². The van der Waals surface area contributed by atoms with Gasteiger partial charge in [-0.15, -0.1) is 0 Å².